The Hall–Kier alpha value is -3.72. The van der Waals surface area contributed by atoms with E-state index in [4.69, 9.17) is 11.6 Å². The number of nitro groups is 1. The van der Waals surface area contributed by atoms with E-state index in [2.05, 4.69) is 10.4 Å². The summed E-state index contributed by atoms with van der Waals surface area (Å²) >= 11 is 6.02. The summed E-state index contributed by atoms with van der Waals surface area (Å²) in [4.78, 5) is 37.8. The Labute approximate surface area is 208 Å². The van der Waals surface area contributed by atoms with Crippen LogP contribution in [-0.4, -0.2) is 44.5 Å². The number of carbonyl (C=O) groups is 2. The van der Waals surface area contributed by atoms with Gasteiger partial charge in [-0.1, -0.05) is 39.3 Å². The van der Waals surface area contributed by atoms with E-state index in [1.807, 2.05) is 33.8 Å². The standard InChI is InChI=1S/C25H28ClN5O4/c1-5-14-29(24(33)17-6-10-20(11-7-17)31(34)35)16-23(32)27-22-15-21(25(2,3)4)28-30(22)19-12-8-18(26)9-13-19/h6-13,15H,5,14,16H2,1-4H3,(H,27,32). The zero-order valence-corrected chi connectivity index (χ0v) is 20.9. The first kappa shape index (κ1) is 25.9. The van der Waals surface area contributed by atoms with Crippen LogP contribution in [0.3, 0.4) is 0 Å². The second-order valence-electron chi connectivity index (χ2n) is 9.13. The number of rotatable bonds is 8. The van der Waals surface area contributed by atoms with Crippen LogP contribution >= 0.6 is 11.6 Å². The van der Waals surface area contributed by atoms with Gasteiger partial charge in [0.05, 0.1) is 16.3 Å². The summed E-state index contributed by atoms with van der Waals surface area (Å²) in [5.74, 6) is -0.288. The van der Waals surface area contributed by atoms with E-state index in [-0.39, 0.29) is 35.0 Å². The predicted octanol–water partition coefficient (Wildman–Crippen LogP) is 5.22. The van der Waals surface area contributed by atoms with Crippen LogP contribution in [-0.2, 0) is 10.2 Å². The highest BCUT2D eigenvalue weighted by atomic mass is 35.5. The van der Waals surface area contributed by atoms with Crippen molar-refractivity contribution in [1.29, 1.82) is 0 Å². The quantitative estimate of drug-likeness (QED) is 0.338. The molecule has 0 spiro atoms. The van der Waals surface area contributed by atoms with E-state index in [1.54, 1.807) is 28.9 Å². The molecule has 0 saturated heterocycles. The molecule has 0 saturated carbocycles. The Kier molecular flexibility index (Phi) is 7.91. The molecule has 1 N–H and O–H groups in total. The molecule has 0 bridgehead atoms. The Balaban J connectivity index is 1.83. The summed E-state index contributed by atoms with van der Waals surface area (Å²) in [6.45, 7) is 8.16. The number of nitrogens with one attached hydrogen (secondary N) is 1. The monoisotopic (exact) mass is 497 g/mol. The van der Waals surface area contributed by atoms with Gasteiger partial charge in [0.2, 0.25) is 5.91 Å². The molecule has 0 aliphatic rings. The summed E-state index contributed by atoms with van der Waals surface area (Å²) in [6.07, 6.45) is 0.642. The minimum Gasteiger partial charge on any atom is -0.329 e. The van der Waals surface area contributed by atoms with Gasteiger partial charge in [-0.25, -0.2) is 4.68 Å². The van der Waals surface area contributed by atoms with Gasteiger partial charge in [0.1, 0.15) is 12.4 Å². The Bertz CT molecular complexity index is 1210. The fourth-order valence-electron chi connectivity index (χ4n) is 3.40. The van der Waals surface area contributed by atoms with Crippen molar-refractivity contribution in [2.45, 2.75) is 39.5 Å². The number of aromatic nitrogens is 2. The van der Waals surface area contributed by atoms with Crippen molar-refractivity contribution < 1.29 is 14.5 Å². The first-order chi connectivity index (χ1) is 16.5. The minimum absolute atomic E-state index is 0.105. The second-order valence-corrected chi connectivity index (χ2v) is 9.57. The van der Waals surface area contributed by atoms with Crippen LogP contribution in [0.15, 0.2) is 54.6 Å². The van der Waals surface area contributed by atoms with Crippen LogP contribution in [0.1, 0.15) is 50.2 Å². The number of nitrogens with zero attached hydrogens (tertiary/aromatic N) is 4. The van der Waals surface area contributed by atoms with E-state index in [0.717, 1.165) is 11.4 Å². The van der Waals surface area contributed by atoms with Crippen molar-refractivity contribution in [1.82, 2.24) is 14.7 Å². The maximum Gasteiger partial charge on any atom is 0.269 e. The lowest BCUT2D eigenvalue weighted by atomic mass is 9.92. The first-order valence-electron chi connectivity index (χ1n) is 11.2. The topological polar surface area (TPSA) is 110 Å². The average molecular weight is 498 g/mol. The van der Waals surface area contributed by atoms with E-state index in [0.29, 0.717) is 23.8 Å². The van der Waals surface area contributed by atoms with Crippen molar-refractivity contribution in [3.63, 3.8) is 0 Å². The molecule has 0 atom stereocenters. The summed E-state index contributed by atoms with van der Waals surface area (Å²) in [5, 5.41) is 19.0. The van der Waals surface area contributed by atoms with E-state index < -0.39 is 4.92 Å². The van der Waals surface area contributed by atoms with Crippen LogP contribution in [0.5, 0.6) is 0 Å². The van der Waals surface area contributed by atoms with Gasteiger partial charge in [-0.15, -0.1) is 0 Å². The number of halogens is 1. The van der Waals surface area contributed by atoms with Crippen molar-refractivity contribution in [3.05, 3.63) is 81.0 Å². The van der Waals surface area contributed by atoms with Gasteiger partial charge in [0.25, 0.3) is 11.6 Å². The molecule has 0 aliphatic heterocycles. The zero-order chi connectivity index (χ0) is 25.8. The van der Waals surface area contributed by atoms with Crippen LogP contribution < -0.4 is 5.32 Å². The zero-order valence-electron chi connectivity index (χ0n) is 20.1. The third-order valence-electron chi connectivity index (χ3n) is 5.26. The third-order valence-corrected chi connectivity index (χ3v) is 5.51. The van der Waals surface area contributed by atoms with Crippen LogP contribution in [0.4, 0.5) is 11.5 Å². The summed E-state index contributed by atoms with van der Waals surface area (Å²) in [5.41, 5.74) is 1.43. The number of hydrogen-bond acceptors (Lipinski definition) is 5. The molecule has 3 rings (SSSR count). The number of hydrogen-bond donors (Lipinski definition) is 1. The molecule has 2 amide bonds. The number of carbonyl (C=O) groups excluding carboxylic acids is 2. The Morgan fingerprint density at radius 2 is 1.74 bits per heavy atom. The molecule has 3 aromatic rings. The molecule has 1 heterocycles. The fourth-order valence-corrected chi connectivity index (χ4v) is 3.53. The van der Waals surface area contributed by atoms with Gasteiger partial charge < -0.3 is 10.2 Å². The molecule has 35 heavy (non-hydrogen) atoms. The van der Waals surface area contributed by atoms with Gasteiger partial charge in [-0.2, -0.15) is 5.10 Å². The number of amides is 2. The molecular formula is C25H28ClN5O4. The number of benzene rings is 2. The highest BCUT2D eigenvalue weighted by Gasteiger charge is 2.23. The Morgan fingerprint density at radius 1 is 1.11 bits per heavy atom. The van der Waals surface area contributed by atoms with Gasteiger partial charge >= 0.3 is 0 Å². The molecule has 0 radical (unpaired) electrons. The van der Waals surface area contributed by atoms with Crippen LogP contribution in [0.2, 0.25) is 5.02 Å². The van der Waals surface area contributed by atoms with Gasteiger partial charge in [-0.3, -0.25) is 19.7 Å². The molecule has 0 fully saturated rings. The first-order valence-corrected chi connectivity index (χ1v) is 11.6. The molecule has 0 aliphatic carbocycles. The molecule has 10 heteroatoms. The van der Waals surface area contributed by atoms with Crippen molar-refractivity contribution in [3.8, 4) is 5.69 Å². The highest BCUT2D eigenvalue weighted by Crippen LogP contribution is 2.27. The SMILES string of the molecule is CCCN(CC(=O)Nc1cc(C(C)(C)C)nn1-c1ccc(Cl)cc1)C(=O)c1ccc([N+](=O)[O-])cc1. The molecule has 184 valence electrons. The molecule has 9 nitrogen and oxygen atoms in total. The normalized spacial score (nSPS) is 11.2. The summed E-state index contributed by atoms with van der Waals surface area (Å²) in [7, 11) is 0. The smallest absolute Gasteiger partial charge is 0.269 e. The lowest BCUT2D eigenvalue weighted by Gasteiger charge is -2.21. The number of non-ortho nitro benzene ring substituents is 1. The minimum atomic E-state index is -0.527. The Morgan fingerprint density at radius 3 is 2.29 bits per heavy atom. The molecular weight excluding hydrogens is 470 g/mol. The fraction of sp³-hybridized carbons (Fsp3) is 0.320. The highest BCUT2D eigenvalue weighted by molar-refractivity contribution is 6.30. The van der Waals surface area contributed by atoms with Gasteiger partial charge in [0, 0.05) is 40.7 Å². The van der Waals surface area contributed by atoms with Crippen LogP contribution in [0.25, 0.3) is 5.69 Å². The van der Waals surface area contributed by atoms with E-state index in [1.165, 1.54) is 29.2 Å². The van der Waals surface area contributed by atoms with E-state index >= 15 is 0 Å². The van der Waals surface area contributed by atoms with E-state index in [9.17, 15) is 19.7 Å². The molecule has 2 aromatic carbocycles. The largest absolute Gasteiger partial charge is 0.329 e. The van der Waals surface area contributed by atoms with Crippen LogP contribution in [0, 0.1) is 10.1 Å². The average Bonchev–Trinajstić information content (AvgIpc) is 3.23. The summed E-state index contributed by atoms with van der Waals surface area (Å²) < 4.78 is 1.64. The maximum atomic E-state index is 13.0. The molecule has 0 unspecified atom stereocenters. The maximum absolute atomic E-state index is 13.0. The molecule has 1 aromatic heterocycles. The lowest BCUT2D eigenvalue weighted by molar-refractivity contribution is -0.384. The van der Waals surface area contributed by atoms with Crippen molar-refractivity contribution in [2.75, 3.05) is 18.4 Å². The number of nitro benzene ring substituents is 1. The van der Waals surface area contributed by atoms with Gasteiger partial charge in [0.15, 0.2) is 0 Å². The lowest BCUT2D eigenvalue weighted by Crippen LogP contribution is -2.38. The van der Waals surface area contributed by atoms with Crippen molar-refractivity contribution >= 4 is 34.9 Å². The third kappa shape index (κ3) is 6.45. The summed E-state index contributed by atoms with van der Waals surface area (Å²) in [6, 6.07) is 14.2. The predicted molar refractivity (Wildman–Crippen MR) is 135 cm³/mol. The van der Waals surface area contributed by atoms with Crippen molar-refractivity contribution in [2.24, 2.45) is 0 Å². The second kappa shape index (κ2) is 10.7. The number of anilines is 1. The van der Waals surface area contributed by atoms with Gasteiger partial charge in [-0.05, 0) is 42.8 Å².